The fraction of sp³-hybridized carbons (Fsp3) is 0.655. The molecule has 0 saturated heterocycles. The number of carboxylic acids is 1. The molecule has 0 spiro atoms. The number of aliphatic carboxylic acids is 1. The second kappa shape index (κ2) is 16.7. The number of rotatable bonds is 16. The largest absolute Gasteiger partial charge is 0.514 e. The number of hydrogen-bond donors (Lipinski definition) is 2. The summed E-state index contributed by atoms with van der Waals surface area (Å²) in [5, 5.41) is 9.93. The maximum Gasteiger partial charge on any atom is 0.514 e. The van der Waals surface area contributed by atoms with Crippen molar-refractivity contribution in [3.8, 4) is 11.5 Å². The molecule has 3 unspecified atom stereocenters. The Balaban J connectivity index is 3.20. The third-order valence-electron chi connectivity index (χ3n) is 5.88. The van der Waals surface area contributed by atoms with Gasteiger partial charge in [0.1, 0.15) is 23.9 Å². The molecule has 0 aromatic heterocycles. The zero-order valence-electron chi connectivity index (χ0n) is 24.7. The average Bonchev–Trinajstić information content (AvgIpc) is 2.79. The van der Waals surface area contributed by atoms with E-state index in [0.29, 0.717) is 18.4 Å². The minimum atomic E-state index is -1.82. The molecule has 0 radical (unpaired) electrons. The standard InChI is InChI=1S/C29H45NO10/c1-8-10-19(5)37-27(34)39-23-13-12-22(15-24(23)40-28(35)38-20(6)11-9-2)17-29(30,26(32)33)16-21(7)36-25(31)14-18(3)4/h12-13,15,18-21H,8-11,14,16-17,30H2,1-7H3,(H,32,33)/t19?,20?,21-,29?/m0/s1. The highest BCUT2D eigenvalue weighted by Crippen LogP contribution is 2.32. The molecule has 4 atom stereocenters. The second-order valence-electron chi connectivity index (χ2n) is 10.7. The Morgan fingerprint density at radius 1 is 0.825 bits per heavy atom. The molecular weight excluding hydrogens is 522 g/mol. The first-order chi connectivity index (χ1) is 18.7. The van der Waals surface area contributed by atoms with Crippen LogP contribution in [0.1, 0.15) is 92.6 Å². The van der Waals surface area contributed by atoms with Gasteiger partial charge in [0.05, 0.1) is 0 Å². The van der Waals surface area contributed by atoms with Crippen molar-refractivity contribution < 1.29 is 48.0 Å². The summed E-state index contributed by atoms with van der Waals surface area (Å²) in [6.07, 6.45) is -0.877. The molecule has 0 aliphatic rings. The van der Waals surface area contributed by atoms with Crippen LogP contribution in [-0.2, 0) is 30.2 Å². The van der Waals surface area contributed by atoms with E-state index in [-0.39, 0.29) is 42.8 Å². The molecule has 226 valence electrons. The van der Waals surface area contributed by atoms with Crippen LogP contribution in [0.5, 0.6) is 11.5 Å². The molecule has 11 heteroatoms. The molecule has 11 nitrogen and oxygen atoms in total. The summed E-state index contributed by atoms with van der Waals surface area (Å²) in [4.78, 5) is 49.0. The van der Waals surface area contributed by atoms with E-state index in [0.717, 1.165) is 12.8 Å². The van der Waals surface area contributed by atoms with Gasteiger partial charge < -0.3 is 34.5 Å². The van der Waals surface area contributed by atoms with Gasteiger partial charge in [0.2, 0.25) is 0 Å². The predicted octanol–water partition coefficient (Wildman–Crippen LogP) is 5.79. The monoisotopic (exact) mass is 567 g/mol. The number of ether oxygens (including phenoxy) is 5. The van der Waals surface area contributed by atoms with Crippen molar-refractivity contribution in [3.63, 3.8) is 0 Å². The summed E-state index contributed by atoms with van der Waals surface area (Å²) in [6, 6.07) is 4.20. The highest BCUT2D eigenvalue weighted by atomic mass is 16.7. The highest BCUT2D eigenvalue weighted by molar-refractivity contribution is 5.79. The molecule has 40 heavy (non-hydrogen) atoms. The number of carbonyl (C=O) groups is 4. The number of benzene rings is 1. The Hall–Kier alpha value is -3.34. The lowest BCUT2D eigenvalue weighted by Crippen LogP contribution is -2.52. The highest BCUT2D eigenvalue weighted by Gasteiger charge is 2.37. The van der Waals surface area contributed by atoms with Gasteiger partial charge in [-0.05, 0) is 57.2 Å². The van der Waals surface area contributed by atoms with Crippen molar-refractivity contribution in [2.45, 2.75) is 117 Å². The normalized spacial score (nSPS) is 14.8. The smallest absolute Gasteiger partial charge is 0.480 e. The molecule has 0 saturated carbocycles. The Bertz CT molecular complexity index is 995. The first kappa shape index (κ1) is 34.7. The van der Waals surface area contributed by atoms with Crippen LogP contribution in [0.4, 0.5) is 9.59 Å². The lowest BCUT2D eigenvalue weighted by molar-refractivity contribution is -0.154. The molecule has 1 aromatic carbocycles. The van der Waals surface area contributed by atoms with Gasteiger partial charge in [-0.3, -0.25) is 9.59 Å². The molecule has 3 N–H and O–H groups in total. The van der Waals surface area contributed by atoms with Crippen molar-refractivity contribution in [3.05, 3.63) is 23.8 Å². The lowest BCUT2D eigenvalue weighted by Gasteiger charge is -2.28. The number of nitrogens with two attached hydrogens (primary N) is 1. The first-order valence-corrected chi connectivity index (χ1v) is 13.8. The van der Waals surface area contributed by atoms with Gasteiger partial charge in [-0.1, -0.05) is 46.6 Å². The zero-order valence-corrected chi connectivity index (χ0v) is 24.7. The van der Waals surface area contributed by atoms with E-state index < -0.39 is 42.0 Å². The number of carboxylic acid groups (broad SMARTS) is 1. The van der Waals surface area contributed by atoms with Crippen LogP contribution >= 0.6 is 0 Å². The first-order valence-electron chi connectivity index (χ1n) is 13.8. The van der Waals surface area contributed by atoms with E-state index in [1.54, 1.807) is 20.8 Å². The predicted molar refractivity (Wildman–Crippen MR) is 147 cm³/mol. The third kappa shape index (κ3) is 12.7. The third-order valence-corrected chi connectivity index (χ3v) is 5.88. The van der Waals surface area contributed by atoms with Crippen LogP contribution in [0.2, 0.25) is 0 Å². The van der Waals surface area contributed by atoms with Gasteiger partial charge >= 0.3 is 24.2 Å². The Morgan fingerprint density at radius 2 is 1.35 bits per heavy atom. The summed E-state index contributed by atoms with van der Waals surface area (Å²) < 4.78 is 26.5. The Kier molecular flexibility index (Phi) is 14.5. The van der Waals surface area contributed by atoms with Crippen molar-refractivity contribution in [2.75, 3.05) is 0 Å². The summed E-state index contributed by atoms with van der Waals surface area (Å²) in [5.74, 6) is -1.95. The fourth-order valence-electron chi connectivity index (χ4n) is 4.07. The van der Waals surface area contributed by atoms with Gasteiger partial charge in [0.15, 0.2) is 11.5 Å². The van der Waals surface area contributed by atoms with Gasteiger partial charge in [-0.25, -0.2) is 9.59 Å². The molecule has 1 rings (SSSR count). The van der Waals surface area contributed by atoms with Gasteiger partial charge in [-0.2, -0.15) is 0 Å². The van der Waals surface area contributed by atoms with Gasteiger partial charge in [0.25, 0.3) is 0 Å². The van der Waals surface area contributed by atoms with Crippen LogP contribution in [0.3, 0.4) is 0 Å². The zero-order chi connectivity index (χ0) is 30.5. The molecule has 0 bridgehead atoms. The van der Waals surface area contributed by atoms with E-state index in [2.05, 4.69) is 0 Å². The molecule has 0 aliphatic carbocycles. The SMILES string of the molecule is CCCC(C)OC(=O)Oc1ccc(CC(N)(C[C@H](C)OC(=O)CC(C)C)C(=O)O)cc1OC(=O)OC(C)CCC. The van der Waals surface area contributed by atoms with Crippen LogP contribution in [0.15, 0.2) is 18.2 Å². The van der Waals surface area contributed by atoms with Crippen molar-refractivity contribution >= 4 is 24.2 Å². The van der Waals surface area contributed by atoms with E-state index in [9.17, 15) is 24.3 Å². The second-order valence-corrected chi connectivity index (χ2v) is 10.7. The molecule has 0 aliphatic heterocycles. The van der Waals surface area contributed by atoms with Crippen LogP contribution < -0.4 is 15.2 Å². The number of esters is 1. The minimum Gasteiger partial charge on any atom is -0.480 e. The maximum atomic E-state index is 12.4. The van der Waals surface area contributed by atoms with Crippen molar-refractivity contribution in [1.29, 1.82) is 0 Å². The fourth-order valence-corrected chi connectivity index (χ4v) is 4.07. The van der Waals surface area contributed by atoms with Crippen LogP contribution in [0.25, 0.3) is 0 Å². The summed E-state index contributed by atoms with van der Waals surface area (Å²) >= 11 is 0. The topological polar surface area (TPSA) is 161 Å². The Morgan fingerprint density at radius 3 is 1.82 bits per heavy atom. The number of carbonyl (C=O) groups excluding carboxylic acids is 3. The van der Waals surface area contributed by atoms with E-state index in [1.807, 2.05) is 27.7 Å². The molecule has 0 fully saturated rings. The summed E-state index contributed by atoms with van der Waals surface area (Å²) in [6.45, 7) is 12.7. The van der Waals surface area contributed by atoms with E-state index in [1.165, 1.54) is 18.2 Å². The van der Waals surface area contributed by atoms with Gasteiger partial charge in [0, 0.05) is 19.3 Å². The van der Waals surface area contributed by atoms with Crippen molar-refractivity contribution in [2.24, 2.45) is 11.7 Å². The van der Waals surface area contributed by atoms with Crippen LogP contribution in [0, 0.1) is 5.92 Å². The Labute approximate surface area is 236 Å². The molecule has 1 aromatic rings. The minimum absolute atomic E-state index is 0.0877. The average molecular weight is 568 g/mol. The van der Waals surface area contributed by atoms with Crippen molar-refractivity contribution in [1.82, 2.24) is 0 Å². The quantitative estimate of drug-likeness (QED) is 0.141. The summed E-state index contributed by atoms with van der Waals surface area (Å²) in [7, 11) is 0. The van der Waals surface area contributed by atoms with E-state index >= 15 is 0 Å². The van der Waals surface area contributed by atoms with Crippen LogP contribution in [-0.4, -0.2) is 53.2 Å². The lowest BCUT2D eigenvalue weighted by atomic mass is 9.86. The maximum absolute atomic E-state index is 12.4. The molecule has 0 amide bonds. The number of hydrogen-bond acceptors (Lipinski definition) is 10. The summed E-state index contributed by atoms with van der Waals surface area (Å²) in [5.41, 5.74) is 4.83. The molecule has 0 heterocycles. The van der Waals surface area contributed by atoms with E-state index in [4.69, 9.17) is 29.4 Å². The molecular formula is C29H45NO10. The van der Waals surface area contributed by atoms with Gasteiger partial charge in [-0.15, -0.1) is 0 Å².